The Morgan fingerprint density at radius 2 is 1.85 bits per heavy atom. The summed E-state index contributed by atoms with van der Waals surface area (Å²) in [7, 11) is 0. The second-order valence-electron chi connectivity index (χ2n) is 5.82. The first kappa shape index (κ1) is 19.1. The molecule has 6 nitrogen and oxygen atoms in total. The van der Waals surface area contributed by atoms with Crippen molar-refractivity contribution in [1.82, 2.24) is 0 Å². The second-order valence-corrected chi connectivity index (χ2v) is 5.82. The minimum Gasteiger partial charge on any atom is -0.450 e. The molecule has 0 aromatic heterocycles. The SMILES string of the molecule is CC1CCC(C(C)C)C(OCC(O)CO)C1.O=C(O)O. The molecule has 0 radical (unpaired) electrons. The lowest BCUT2D eigenvalue weighted by Gasteiger charge is -2.37. The molecular formula is C14H28O6. The van der Waals surface area contributed by atoms with Crippen molar-refractivity contribution in [3.63, 3.8) is 0 Å². The average molecular weight is 292 g/mol. The summed E-state index contributed by atoms with van der Waals surface area (Å²) in [6, 6.07) is 0. The molecule has 4 N–H and O–H groups in total. The van der Waals surface area contributed by atoms with E-state index in [-0.39, 0.29) is 19.3 Å². The molecule has 1 rings (SSSR count). The number of carboxylic acid groups (broad SMARTS) is 2. The van der Waals surface area contributed by atoms with E-state index in [1.807, 2.05) is 0 Å². The summed E-state index contributed by atoms with van der Waals surface area (Å²) in [4.78, 5) is 8.56. The van der Waals surface area contributed by atoms with Crippen LogP contribution in [-0.2, 0) is 4.74 Å². The van der Waals surface area contributed by atoms with Crippen LogP contribution in [0.15, 0.2) is 0 Å². The molecule has 0 spiro atoms. The Bertz CT molecular complexity index is 264. The molecule has 1 aliphatic rings. The largest absolute Gasteiger partial charge is 0.503 e. The van der Waals surface area contributed by atoms with Gasteiger partial charge in [0.25, 0.3) is 0 Å². The summed E-state index contributed by atoms with van der Waals surface area (Å²) in [5, 5.41) is 32.0. The zero-order chi connectivity index (χ0) is 15.7. The number of aliphatic hydroxyl groups excluding tert-OH is 2. The van der Waals surface area contributed by atoms with Crippen molar-refractivity contribution < 1.29 is 30.0 Å². The van der Waals surface area contributed by atoms with Gasteiger partial charge in [0, 0.05) is 0 Å². The highest BCUT2D eigenvalue weighted by Crippen LogP contribution is 2.35. The van der Waals surface area contributed by atoms with E-state index < -0.39 is 12.3 Å². The molecule has 4 unspecified atom stereocenters. The first-order valence-electron chi connectivity index (χ1n) is 7.10. The van der Waals surface area contributed by atoms with Gasteiger partial charge in [-0.3, -0.25) is 0 Å². The average Bonchev–Trinajstić information content (AvgIpc) is 2.34. The van der Waals surface area contributed by atoms with Crippen LogP contribution in [0.1, 0.15) is 40.0 Å². The van der Waals surface area contributed by atoms with Gasteiger partial charge in [-0.15, -0.1) is 0 Å². The van der Waals surface area contributed by atoms with Crippen molar-refractivity contribution in [3.05, 3.63) is 0 Å². The van der Waals surface area contributed by atoms with Crippen LogP contribution in [0.4, 0.5) is 4.79 Å². The number of hydrogen-bond acceptors (Lipinski definition) is 4. The summed E-state index contributed by atoms with van der Waals surface area (Å²) in [5.41, 5.74) is 0. The number of ether oxygens (including phenoxy) is 1. The summed E-state index contributed by atoms with van der Waals surface area (Å²) in [6.45, 7) is 6.78. The Morgan fingerprint density at radius 3 is 2.30 bits per heavy atom. The van der Waals surface area contributed by atoms with Gasteiger partial charge < -0.3 is 25.2 Å². The Morgan fingerprint density at radius 1 is 1.30 bits per heavy atom. The molecule has 4 atom stereocenters. The van der Waals surface area contributed by atoms with Gasteiger partial charge in [-0.25, -0.2) is 4.79 Å². The third-order valence-corrected chi connectivity index (χ3v) is 3.67. The Labute approximate surface area is 120 Å². The highest BCUT2D eigenvalue weighted by atomic mass is 16.6. The molecule has 0 aliphatic heterocycles. The topological polar surface area (TPSA) is 107 Å². The Kier molecular flexibility index (Phi) is 9.54. The van der Waals surface area contributed by atoms with Crippen molar-refractivity contribution >= 4 is 6.16 Å². The van der Waals surface area contributed by atoms with Crippen molar-refractivity contribution in [3.8, 4) is 0 Å². The maximum absolute atomic E-state index is 9.30. The van der Waals surface area contributed by atoms with Crippen LogP contribution >= 0.6 is 0 Å². The van der Waals surface area contributed by atoms with Crippen LogP contribution in [0.5, 0.6) is 0 Å². The van der Waals surface area contributed by atoms with Gasteiger partial charge >= 0.3 is 6.16 Å². The standard InChI is InChI=1S/C13H26O3.CH2O3/c1-9(2)12-5-4-10(3)6-13(12)16-8-11(15)7-14;2-1(3)4/h9-15H,4-8H2,1-3H3;(H2,2,3,4). The quantitative estimate of drug-likeness (QED) is 0.617. The zero-order valence-electron chi connectivity index (χ0n) is 12.5. The van der Waals surface area contributed by atoms with Crippen LogP contribution in [0, 0.1) is 17.8 Å². The molecule has 0 heterocycles. The number of rotatable bonds is 5. The number of carbonyl (C=O) groups is 1. The van der Waals surface area contributed by atoms with Gasteiger partial charge in [0.2, 0.25) is 0 Å². The zero-order valence-corrected chi connectivity index (χ0v) is 12.5. The number of hydrogen-bond donors (Lipinski definition) is 4. The third kappa shape index (κ3) is 8.35. The van der Waals surface area contributed by atoms with Gasteiger partial charge in [-0.1, -0.05) is 27.2 Å². The lowest BCUT2D eigenvalue weighted by molar-refractivity contribution is -0.0776. The monoisotopic (exact) mass is 292 g/mol. The molecule has 1 saturated carbocycles. The van der Waals surface area contributed by atoms with Crippen molar-refractivity contribution in [2.45, 2.75) is 52.2 Å². The molecule has 0 aromatic carbocycles. The Balaban J connectivity index is 0.000000796. The van der Waals surface area contributed by atoms with E-state index >= 15 is 0 Å². The lowest BCUT2D eigenvalue weighted by atomic mass is 9.75. The van der Waals surface area contributed by atoms with Gasteiger partial charge in [-0.05, 0) is 30.6 Å². The van der Waals surface area contributed by atoms with Gasteiger partial charge in [-0.2, -0.15) is 0 Å². The molecule has 120 valence electrons. The first-order chi connectivity index (χ1) is 9.27. The molecule has 1 aliphatic carbocycles. The maximum Gasteiger partial charge on any atom is 0.503 e. The lowest BCUT2D eigenvalue weighted by Crippen LogP contribution is -2.36. The van der Waals surface area contributed by atoms with Crippen LogP contribution in [0.2, 0.25) is 0 Å². The predicted molar refractivity (Wildman–Crippen MR) is 74.8 cm³/mol. The fraction of sp³-hybridized carbons (Fsp3) is 0.929. The van der Waals surface area contributed by atoms with Crippen molar-refractivity contribution in [1.29, 1.82) is 0 Å². The van der Waals surface area contributed by atoms with E-state index in [0.717, 1.165) is 6.42 Å². The first-order valence-corrected chi connectivity index (χ1v) is 7.10. The van der Waals surface area contributed by atoms with E-state index in [2.05, 4.69) is 20.8 Å². The maximum atomic E-state index is 9.30. The normalized spacial score (nSPS) is 27.6. The fourth-order valence-electron chi connectivity index (χ4n) is 2.59. The molecule has 0 aromatic rings. The highest BCUT2D eigenvalue weighted by Gasteiger charge is 2.31. The van der Waals surface area contributed by atoms with Gasteiger partial charge in [0.05, 0.1) is 19.3 Å². The van der Waals surface area contributed by atoms with Crippen molar-refractivity contribution in [2.75, 3.05) is 13.2 Å². The molecule has 0 saturated heterocycles. The molecule has 20 heavy (non-hydrogen) atoms. The van der Waals surface area contributed by atoms with E-state index in [0.29, 0.717) is 17.8 Å². The van der Waals surface area contributed by atoms with Crippen LogP contribution in [-0.4, -0.2) is 52.0 Å². The minimum absolute atomic E-state index is 0.214. The third-order valence-electron chi connectivity index (χ3n) is 3.67. The molecular weight excluding hydrogens is 264 g/mol. The predicted octanol–water partition coefficient (Wildman–Crippen LogP) is 2.04. The van der Waals surface area contributed by atoms with E-state index in [1.165, 1.54) is 12.8 Å². The molecule has 0 amide bonds. The van der Waals surface area contributed by atoms with Crippen LogP contribution < -0.4 is 0 Å². The minimum atomic E-state index is -1.83. The second kappa shape index (κ2) is 9.96. The van der Waals surface area contributed by atoms with Crippen LogP contribution in [0.25, 0.3) is 0 Å². The molecule has 6 heteroatoms. The summed E-state index contributed by atoms with van der Waals surface area (Å²) in [5.74, 6) is 1.94. The smallest absolute Gasteiger partial charge is 0.450 e. The molecule has 0 bridgehead atoms. The van der Waals surface area contributed by atoms with E-state index in [1.54, 1.807) is 0 Å². The summed E-state index contributed by atoms with van der Waals surface area (Å²) >= 11 is 0. The van der Waals surface area contributed by atoms with Crippen LogP contribution in [0.3, 0.4) is 0 Å². The molecule has 1 fully saturated rings. The van der Waals surface area contributed by atoms with E-state index in [4.69, 9.17) is 24.9 Å². The number of aliphatic hydroxyl groups is 2. The summed E-state index contributed by atoms with van der Waals surface area (Å²) in [6.07, 6.45) is 1.28. The Hall–Kier alpha value is -0.850. The van der Waals surface area contributed by atoms with Gasteiger partial charge in [0.1, 0.15) is 6.10 Å². The van der Waals surface area contributed by atoms with Crippen molar-refractivity contribution in [2.24, 2.45) is 17.8 Å². The van der Waals surface area contributed by atoms with Gasteiger partial charge in [0.15, 0.2) is 0 Å². The summed E-state index contributed by atoms with van der Waals surface area (Å²) < 4.78 is 5.77. The van der Waals surface area contributed by atoms with E-state index in [9.17, 15) is 5.11 Å². The highest BCUT2D eigenvalue weighted by molar-refractivity contribution is 5.53. The fourth-order valence-corrected chi connectivity index (χ4v) is 2.59.